The molecule has 0 saturated carbocycles. The zero-order valence-corrected chi connectivity index (χ0v) is 15.1. The van der Waals surface area contributed by atoms with Crippen molar-refractivity contribution in [2.24, 2.45) is 0 Å². The van der Waals surface area contributed by atoms with Gasteiger partial charge in [-0.3, -0.25) is 14.3 Å². The third-order valence-corrected chi connectivity index (χ3v) is 4.67. The Labute approximate surface area is 147 Å². The summed E-state index contributed by atoms with van der Waals surface area (Å²) in [6.45, 7) is 7.65. The summed E-state index contributed by atoms with van der Waals surface area (Å²) >= 11 is 0. The van der Waals surface area contributed by atoms with Gasteiger partial charge in [-0.25, -0.2) is 0 Å². The van der Waals surface area contributed by atoms with E-state index in [1.165, 1.54) is 6.20 Å². The van der Waals surface area contributed by atoms with Crippen molar-refractivity contribution in [2.75, 3.05) is 6.54 Å². The van der Waals surface area contributed by atoms with E-state index >= 15 is 0 Å². The Morgan fingerprint density at radius 1 is 1.28 bits per heavy atom. The number of benzene rings is 1. The average molecular weight is 343 g/mol. The van der Waals surface area contributed by atoms with Crippen molar-refractivity contribution in [3.8, 4) is 0 Å². The summed E-state index contributed by atoms with van der Waals surface area (Å²) < 4.78 is 1.77. The molecular formula is C19H25N3O3. The lowest BCUT2D eigenvalue weighted by molar-refractivity contribution is -0.143. The van der Waals surface area contributed by atoms with Crippen molar-refractivity contribution in [1.29, 1.82) is 0 Å². The molecule has 0 aliphatic rings. The normalized spacial score (nSPS) is 13.5. The number of carbonyl (C=O) groups excluding carboxylic acids is 1. The van der Waals surface area contributed by atoms with Gasteiger partial charge in [0.05, 0.1) is 11.8 Å². The van der Waals surface area contributed by atoms with Crippen molar-refractivity contribution < 1.29 is 14.7 Å². The standard InChI is InChI=1S/C19H25N3O3/c1-5-19(18(24)25,15-9-7-6-8-10-15)12-20-17(23)16-11-21-22(13(2)3)14(16)4/h6-11,13H,5,12H2,1-4H3,(H,20,23)(H,24,25). The molecule has 0 spiro atoms. The molecule has 1 amide bonds. The van der Waals surface area contributed by atoms with Crippen LogP contribution in [0.3, 0.4) is 0 Å². The minimum atomic E-state index is -1.15. The smallest absolute Gasteiger partial charge is 0.315 e. The lowest BCUT2D eigenvalue weighted by atomic mass is 9.78. The number of amides is 1. The number of hydrogen-bond acceptors (Lipinski definition) is 3. The van der Waals surface area contributed by atoms with Gasteiger partial charge in [-0.05, 0) is 32.8 Å². The fourth-order valence-corrected chi connectivity index (χ4v) is 3.03. The van der Waals surface area contributed by atoms with Crippen LogP contribution < -0.4 is 5.32 Å². The van der Waals surface area contributed by atoms with Crippen molar-refractivity contribution in [1.82, 2.24) is 15.1 Å². The SMILES string of the molecule is CCC(CNC(=O)c1cnn(C(C)C)c1C)(C(=O)O)c1ccccc1. The molecule has 25 heavy (non-hydrogen) atoms. The second kappa shape index (κ2) is 7.51. The van der Waals surface area contributed by atoms with E-state index in [0.29, 0.717) is 17.5 Å². The Morgan fingerprint density at radius 2 is 1.92 bits per heavy atom. The molecule has 1 unspecified atom stereocenters. The minimum Gasteiger partial charge on any atom is -0.481 e. The van der Waals surface area contributed by atoms with Crippen LogP contribution in [0, 0.1) is 6.92 Å². The highest BCUT2D eigenvalue weighted by Crippen LogP contribution is 2.28. The Hall–Kier alpha value is -2.63. The van der Waals surface area contributed by atoms with Gasteiger partial charge in [-0.1, -0.05) is 37.3 Å². The third-order valence-electron chi connectivity index (χ3n) is 4.67. The van der Waals surface area contributed by atoms with Crippen molar-refractivity contribution >= 4 is 11.9 Å². The minimum absolute atomic E-state index is 0.0218. The molecule has 0 radical (unpaired) electrons. The van der Waals surface area contributed by atoms with Crippen LogP contribution in [0.1, 0.15) is 54.8 Å². The van der Waals surface area contributed by atoms with E-state index in [1.807, 2.05) is 33.8 Å². The first-order chi connectivity index (χ1) is 11.8. The highest BCUT2D eigenvalue weighted by Gasteiger charge is 2.39. The molecule has 6 nitrogen and oxygen atoms in total. The van der Waals surface area contributed by atoms with Crippen LogP contribution in [0.25, 0.3) is 0 Å². The maximum Gasteiger partial charge on any atom is 0.315 e. The molecule has 1 aromatic carbocycles. The van der Waals surface area contributed by atoms with Gasteiger partial charge in [0.25, 0.3) is 5.91 Å². The van der Waals surface area contributed by atoms with Crippen LogP contribution in [-0.2, 0) is 10.2 Å². The van der Waals surface area contributed by atoms with Gasteiger partial charge in [-0.2, -0.15) is 5.10 Å². The Kier molecular flexibility index (Phi) is 5.62. The second-order valence-corrected chi connectivity index (χ2v) is 6.47. The maximum atomic E-state index is 12.6. The second-order valence-electron chi connectivity index (χ2n) is 6.47. The molecule has 134 valence electrons. The number of nitrogens with zero attached hydrogens (tertiary/aromatic N) is 2. The molecule has 1 aromatic heterocycles. The summed E-state index contributed by atoms with van der Waals surface area (Å²) in [5, 5.41) is 16.8. The molecule has 6 heteroatoms. The molecule has 0 saturated heterocycles. The van der Waals surface area contributed by atoms with Crippen molar-refractivity contribution in [3.63, 3.8) is 0 Å². The fraction of sp³-hybridized carbons (Fsp3) is 0.421. The summed E-state index contributed by atoms with van der Waals surface area (Å²) in [7, 11) is 0. The number of aromatic nitrogens is 2. The van der Waals surface area contributed by atoms with Gasteiger partial charge in [0.2, 0.25) is 0 Å². The van der Waals surface area contributed by atoms with E-state index < -0.39 is 11.4 Å². The number of nitrogens with one attached hydrogen (secondary N) is 1. The van der Waals surface area contributed by atoms with E-state index in [9.17, 15) is 14.7 Å². The monoisotopic (exact) mass is 343 g/mol. The van der Waals surface area contributed by atoms with Gasteiger partial charge in [0.15, 0.2) is 0 Å². The quantitative estimate of drug-likeness (QED) is 0.809. The van der Waals surface area contributed by atoms with Gasteiger partial charge in [0, 0.05) is 18.3 Å². The van der Waals surface area contributed by atoms with Crippen LogP contribution in [0.4, 0.5) is 0 Å². The van der Waals surface area contributed by atoms with E-state index in [0.717, 1.165) is 5.69 Å². The first kappa shape index (κ1) is 18.7. The zero-order valence-electron chi connectivity index (χ0n) is 15.1. The summed E-state index contributed by atoms with van der Waals surface area (Å²) in [6.07, 6.45) is 1.90. The molecule has 1 heterocycles. The van der Waals surface area contributed by atoms with Gasteiger partial charge < -0.3 is 10.4 Å². The van der Waals surface area contributed by atoms with Crippen LogP contribution >= 0.6 is 0 Å². The van der Waals surface area contributed by atoms with E-state index in [4.69, 9.17) is 0 Å². The first-order valence-electron chi connectivity index (χ1n) is 8.44. The molecular weight excluding hydrogens is 318 g/mol. The van der Waals surface area contributed by atoms with Crippen LogP contribution in [0.15, 0.2) is 36.5 Å². The molecule has 1 atom stereocenters. The third kappa shape index (κ3) is 3.57. The molecule has 0 fully saturated rings. The van der Waals surface area contributed by atoms with E-state index in [-0.39, 0.29) is 18.5 Å². The number of carbonyl (C=O) groups is 2. The predicted molar refractivity (Wildman–Crippen MR) is 95.7 cm³/mol. The highest BCUT2D eigenvalue weighted by atomic mass is 16.4. The Balaban J connectivity index is 2.24. The van der Waals surface area contributed by atoms with Crippen LogP contribution in [0.2, 0.25) is 0 Å². The average Bonchev–Trinajstić information content (AvgIpc) is 2.98. The fourth-order valence-electron chi connectivity index (χ4n) is 3.03. The number of carboxylic acids is 1. The first-order valence-corrected chi connectivity index (χ1v) is 8.44. The molecule has 2 aromatic rings. The lowest BCUT2D eigenvalue weighted by Gasteiger charge is -2.29. The van der Waals surface area contributed by atoms with E-state index in [1.54, 1.807) is 28.9 Å². The highest BCUT2D eigenvalue weighted by molar-refractivity contribution is 5.95. The molecule has 2 N–H and O–H groups in total. The number of rotatable bonds is 7. The topological polar surface area (TPSA) is 84.2 Å². The van der Waals surface area contributed by atoms with Crippen LogP contribution in [0.5, 0.6) is 0 Å². The van der Waals surface area contributed by atoms with Crippen LogP contribution in [-0.4, -0.2) is 33.3 Å². The largest absolute Gasteiger partial charge is 0.481 e. The summed E-state index contributed by atoms with van der Waals surface area (Å²) in [4.78, 5) is 24.6. The molecule has 2 rings (SSSR count). The van der Waals surface area contributed by atoms with E-state index in [2.05, 4.69) is 10.4 Å². The van der Waals surface area contributed by atoms with Gasteiger partial charge >= 0.3 is 5.97 Å². The number of aliphatic carboxylic acids is 1. The zero-order chi connectivity index (χ0) is 18.6. The summed E-state index contributed by atoms with van der Waals surface area (Å²) in [5.41, 5.74) is 0.764. The number of carboxylic acid groups (broad SMARTS) is 1. The van der Waals surface area contributed by atoms with Gasteiger partial charge in [-0.15, -0.1) is 0 Å². The predicted octanol–water partition coefficient (Wildman–Crippen LogP) is 2.93. The molecule has 0 aliphatic carbocycles. The lowest BCUT2D eigenvalue weighted by Crippen LogP contribution is -2.46. The van der Waals surface area contributed by atoms with Crippen molar-refractivity contribution in [3.05, 3.63) is 53.3 Å². The maximum absolute atomic E-state index is 12.6. The van der Waals surface area contributed by atoms with Gasteiger partial charge in [0.1, 0.15) is 5.41 Å². The summed E-state index contributed by atoms with van der Waals surface area (Å²) in [6, 6.07) is 9.17. The van der Waals surface area contributed by atoms with Crippen molar-refractivity contribution in [2.45, 2.75) is 45.6 Å². The summed E-state index contributed by atoms with van der Waals surface area (Å²) in [5.74, 6) is -1.25. The molecule has 0 aliphatic heterocycles. The Bertz CT molecular complexity index is 753. The Morgan fingerprint density at radius 3 is 2.40 bits per heavy atom. The number of hydrogen-bond donors (Lipinski definition) is 2. The molecule has 0 bridgehead atoms.